The van der Waals surface area contributed by atoms with Crippen molar-refractivity contribution in [3.63, 3.8) is 0 Å². The lowest BCUT2D eigenvalue weighted by Crippen LogP contribution is -2.27. The molecule has 3 nitrogen and oxygen atoms in total. The van der Waals surface area contributed by atoms with Crippen LogP contribution in [0.25, 0.3) is 0 Å². The topological polar surface area (TPSA) is 34.9 Å². The molecule has 1 aromatic carbocycles. The Morgan fingerprint density at radius 3 is 2.85 bits per heavy atom. The number of hydrogen-bond acceptors (Lipinski definition) is 2. The van der Waals surface area contributed by atoms with E-state index in [1.807, 2.05) is 16.8 Å². The number of hydrogen-bond donors (Lipinski definition) is 0. The minimum Gasteiger partial charge on any atom is -0.299 e. The van der Waals surface area contributed by atoms with Gasteiger partial charge in [0.1, 0.15) is 5.78 Å². The van der Waals surface area contributed by atoms with Crippen molar-refractivity contribution in [1.29, 1.82) is 0 Å². The molecule has 1 atom stereocenters. The van der Waals surface area contributed by atoms with Crippen molar-refractivity contribution in [2.45, 2.75) is 45.6 Å². The number of aryl methyl sites for hydroxylation is 2. The van der Waals surface area contributed by atoms with Gasteiger partial charge in [0.25, 0.3) is 0 Å². The van der Waals surface area contributed by atoms with E-state index in [0.717, 1.165) is 30.8 Å². The van der Waals surface area contributed by atoms with Gasteiger partial charge in [0.2, 0.25) is 0 Å². The molecule has 0 amide bonds. The van der Waals surface area contributed by atoms with E-state index in [-0.39, 0.29) is 5.92 Å². The highest BCUT2D eigenvalue weighted by molar-refractivity contribution is 5.90. The molecule has 104 valence electrons. The van der Waals surface area contributed by atoms with Gasteiger partial charge in [-0.2, -0.15) is 5.10 Å². The summed E-state index contributed by atoms with van der Waals surface area (Å²) in [6, 6.07) is 10.3. The molecule has 0 saturated carbocycles. The van der Waals surface area contributed by atoms with Crippen LogP contribution in [-0.2, 0) is 30.6 Å². The number of rotatable bonds is 5. The van der Waals surface area contributed by atoms with E-state index in [4.69, 9.17) is 0 Å². The van der Waals surface area contributed by atoms with Gasteiger partial charge in [0.15, 0.2) is 0 Å². The quantitative estimate of drug-likeness (QED) is 0.835. The lowest BCUT2D eigenvalue weighted by atomic mass is 9.74. The molecule has 20 heavy (non-hydrogen) atoms. The molecule has 3 heteroatoms. The predicted octanol–water partition coefficient (Wildman–Crippen LogP) is 2.92. The molecule has 0 N–H and O–H groups in total. The van der Waals surface area contributed by atoms with E-state index in [2.05, 4.69) is 37.1 Å². The molecule has 1 aromatic heterocycles. The summed E-state index contributed by atoms with van der Waals surface area (Å²) in [6.45, 7) is 4.99. The number of carbonyl (C=O) groups excluding carboxylic acids is 1. The number of ketones is 1. The van der Waals surface area contributed by atoms with Crippen molar-refractivity contribution in [3.8, 4) is 0 Å². The summed E-state index contributed by atoms with van der Waals surface area (Å²) in [5.74, 6) is 0.414. The molecule has 0 spiro atoms. The molecule has 3 rings (SSSR count). The average Bonchev–Trinajstić information content (AvgIpc) is 2.82. The van der Waals surface area contributed by atoms with Gasteiger partial charge in [-0.1, -0.05) is 31.2 Å². The first-order chi connectivity index (χ1) is 9.72. The monoisotopic (exact) mass is 268 g/mol. The Bertz CT molecular complexity index is 642. The van der Waals surface area contributed by atoms with E-state index >= 15 is 0 Å². The fraction of sp³-hybridized carbons (Fsp3) is 0.412. The first kappa shape index (κ1) is 13.1. The van der Waals surface area contributed by atoms with Crippen molar-refractivity contribution in [1.82, 2.24) is 9.78 Å². The van der Waals surface area contributed by atoms with Crippen LogP contribution in [0, 0.1) is 0 Å². The number of carbonyl (C=O) groups is 1. The molecule has 0 bridgehead atoms. The van der Waals surface area contributed by atoms with E-state index in [1.165, 1.54) is 11.1 Å². The summed E-state index contributed by atoms with van der Waals surface area (Å²) in [6.07, 6.45) is 2.32. The van der Waals surface area contributed by atoms with Crippen molar-refractivity contribution >= 4 is 5.78 Å². The van der Waals surface area contributed by atoms with Crippen LogP contribution in [-0.4, -0.2) is 15.6 Å². The Hall–Kier alpha value is -1.90. The highest BCUT2D eigenvalue weighted by Crippen LogP contribution is 2.36. The van der Waals surface area contributed by atoms with Crippen LogP contribution in [0.5, 0.6) is 0 Å². The largest absolute Gasteiger partial charge is 0.299 e. The second-order valence-electron chi connectivity index (χ2n) is 5.39. The van der Waals surface area contributed by atoms with Crippen LogP contribution in [0.4, 0.5) is 0 Å². The maximum Gasteiger partial charge on any atom is 0.146 e. The van der Waals surface area contributed by atoms with Crippen LogP contribution in [0.1, 0.15) is 42.3 Å². The number of fused-ring (bicyclic) bond motifs is 1. The SMILES string of the molecule is CCc1cc(CC(=O)C2Cc3ccccc32)n(CC)n1. The average molecular weight is 268 g/mol. The molecular formula is C17H20N2O. The van der Waals surface area contributed by atoms with E-state index in [9.17, 15) is 4.79 Å². The second kappa shape index (κ2) is 5.23. The van der Waals surface area contributed by atoms with Crippen LogP contribution < -0.4 is 0 Å². The molecule has 0 aliphatic heterocycles. The molecule has 2 aromatic rings. The first-order valence-corrected chi connectivity index (χ1v) is 7.39. The van der Waals surface area contributed by atoms with Gasteiger partial charge >= 0.3 is 0 Å². The van der Waals surface area contributed by atoms with Gasteiger partial charge in [-0.25, -0.2) is 0 Å². The zero-order chi connectivity index (χ0) is 14.1. The lowest BCUT2D eigenvalue weighted by molar-refractivity contribution is -0.120. The molecule has 1 aliphatic rings. The summed E-state index contributed by atoms with van der Waals surface area (Å²) < 4.78 is 1.96. The number of aromatic nitrogens is 2. The minimum absolute atomic E-state index is 0.0940. The normalized spacial score (nSPS) is 16.6. The van der Waals surface area contributed by atoms with E-state index in [1.54, 1.807) is 0 Å². The van der Waals surface area contributed by atoms with Crippen LogP contribution >= 0.6 is 0 Å². The Balaban J connectivity index is 1.76. The molecule has 0 fully saturated rings. The van der Waals surface area contributed by atoms with Gasteiger partial charge in [-0.3, -0.25) is 9.48 Å². The van der Waals surface area contributed by atoms with E-state index in [0.29, 0.717) is 12.2 Å². The van der Waals surface area contributed by atoms with Gasteiger partial charge < -0.3 is 0 Å². The summed E-state index contributed by atoms with van der Waals surface area (Å²) in [4.78, 5) is 12.5. The number of Topliss-reactive ketones (excluding diaryl/α,β-unsaturated/α-hetero) is 1. The fourth-order valence-corrected chi connectivity index (χ4v) is 2.95. The number of benzene rings is 1. The van der Waals surface area contributed by atoms with Crippen molar-refractivity contribution in [3.05, 3.63) is 52.8 Å². The van der Waals surface area contributed by atoms with Crippen LogP contribution in [0.3, 0.4) is 0 Å². The third-order valence-electron chi connectivity index (χ3n) is 4.17. The Labute approximate surface area is 119 Å². The third-order valence-corrected chi connectivity index (χ3v) is 4.17. The van der Waals surface area contributed by atoms with Crippen LogP contribution in [0.2, 0.25) is 0 Å². The Morgan fingerprint density at radius 1 is 1.35 bits per heavy atom. The highest BCUT2D eigenvalue weighted by atomic mass is 16.1. The van der Waals surface area contributed by atoms with Crippen LogP contribution in [0.15, 0.2) is 30.3 Å². The van der Waals surface area contributed by atoms with Gasteiger partial charge in [-0.15, -0.1) is 0 Å². The molecule has 1 aliphatic carbocycles. The molecule has 1 heterocycles. The predicted molar refractivity (Wildman–Crippen MR) is 78.9 cm³/mol. The molecular weight excluding hydrogens is 248 g/mol. The van der Waals surface area contributed by atoms with Crippen molar-refractivity contribution in [2.75, 3.05) is 0 Å². The maximum atomic E-state index is 12.5. The van der Waals surface area contributed by atoms with Gasteiger partial charge in [0.05, 0.1) is 5.69 Å². The molecule has 0 radical (unpaired) electrons. The standard InChI is InChI=1S/C17H20N2O/c1-3-13-10-14(19(4-2)18-13)11-17(20)16-9-12-7-5-6-8-15(12)16/h5-8,10,16H,3-4,9,11H2,1-2H3. The smallest absolute Gasteiger partial charge is 0.146 e. The summed E-state index contributed by atoms with van der Waals surface area (Å²) in [5, 5.41) is 4.51. The maximum absolute atomic E-state index is 12.5. The second-order valence-corrected chi connectivity index (χ2v) is 5.39. The summed E-state index contributed by atoms with van der Waals surface area (Å²) in [5.41, 5.74) is 4.67. The zero-order valence-electron chi connectivity index (χ0n) is 12.1. The fourth-order valence-electron chi connectivity index (χ4n) is 2.95. The van der Waals surface area contributed by atoms with Gasteiger partial charge in [0, 0.05) is 24.6 Å². The Morgan fingerprint density at radius 2 is 2.15 bits per heavy atom. The molecule has 1 unspecified atom stereocenters. The molecule has 0 saturated heterocycles. The van der Waals surface area contributed by atoms with Crippen molar-refractivity contribution < 1.29 is 4.79 Å². The summed E-state index contributed by atoms with van der Waals surface area (Å²) >= 11 is 0. The Kier molecular flexibility index (Phi) is 3.43. The lowest BCUT2D eigenvalue weighted by Gasteiger charge is -2.28. The van der Waals surface area contributed by atoms with Crippen molar-refractivity contribution in [2.24, 2.45) is 0 Å². The number of nitrogens with zero attached hydrogens (tertiary/aromatic N) is 2. The first-order valence-electron chi connectivity index (χ1n) is 7.39. The highest BCUT2D eigenvalue weighted by Gasteiger charge is 2.31. The minimum atomic E-state index is 0.0940. The van der Waals surface area contributed by atoms with E-state index < -0.39 is 0 Å². The summed E-state index contributed by atoms with van der Waals surface area (Å²) in [7, 11) is 0. The zero-order valence-corrected chi connectivity index (χ0v) is 12.1. The third kappa shape index (κ3) is 2.17. The van der Waals surface area contributed by atoms with Gasteiger partial charge in [-0.05, 0) is 37.0 Å².